The Morgan fingerprint density at radius 3 is 2.72 bits per heavy atom. The van der Waals surface area contributed by atoms with Crippen LogP contribution in [-0.2, 0) is 11.3 Å². The van der Waals surface area contributed by atoms with Crippen molar-refractivity contribution >= 4 is 28.8 Å². The van der Waals surface area contributed by atoms with Gasteiger partial charge in [0.15, 0.2) is 22.3 Å². The first kappa shape index (κ1) is 23.7. The molecule has 0 fully saturated rings. The van der Waals surface area contributed by atoms with E-state index >= 15 is 0 Å². The predicted molar refractivity (Wildman–Crippen MR) is 139 cm³/mol. The van der Waals surface area contributed by atoms with Crippen LogP contribution in [0.4, 0.5) is 0 Å². The third-order valence-corrected chi connectivity index (χ3v) is 6.89. The maximum absolute atomic E-state index is 12.6. The van der Waals surface area contributed by atoms with Gasteiger partial charge in [-0.15, -0.1) is 10.2 Å². The summed E-state index contributed by atoms with van der Waals surface area (Å²) >= 11 is 1.33. The normalized spacial score (nSPS) is 11.2. The second-order valence-electron chi connectivity index (χ2n) is 8.37. The molecular weight excluding hydrogens is 476 g/mol. The molecule has 1 N–H and O–H groups in total. The largest absolute Gasteiger partial charge is 0.493 e. The highest BCUT2D eigenvalue weighted by Gasteiger charge is 2.16. The number of thioether (sulfide) groups is 1. The monoisotopic (exact) mass is 502 g/mol. The van der Waals surface area contributed by atoms with E-state index in [0.29, 0.717) is 28.8 Å². The summed E-state index contributed by atoms with van der Waals surface area (Å²) in [6.07, 6.45) is 3.74. The highest BCUT2D eigenvalue weighted by atomic mass is 32.2. The van der Waals surface area contributed by atoms with Crippen LogP contribution < -0.4 is 14.8 Å². The highest BCUT2D eigenvalue weighted by molar-refractivity contribution is 7.99. The summed E-state index contributed by atoms with van der Waals surface area (Å²) in [4.78, 5) is 12.6. The van der Waals surface area contributed by atoms with Crippen molar-refractivity contribution in [2.45, 2.75) is 25.5 Å². The van der Waals surface area contributed by atoms with E-state index < -0.39 is 0 Å². The zero-order valence-electron chi connectivity index (χ0n) is 20.5. The van der Waals surface area contributed by atoms with Gasteiger partial charge in [-0.3, -0.25) is 9.20 Å². The van der Waals surface area contributed by atoms with E-state index in [1.54, 1.807) is 14.2 Å². The standard InChI is InChI=1S/C26H26N6O3S/c1-16-8-9-17(2)19(12-16)20-13-21-25-28-29-26(31(25)10-11-32(21)30-20)36-15-23(33)27-14-18-6-5-7-22(34-3)24(18)35-4/h5-13H,14-15H2,1-4H3,(H,27,33). The van der Waals surface area contributed by atoms with Gasteiger partial charge in [-0.05, 0) is 37.6 Å². The van der Waals surface area contributed by atoms with Crippen LogP contribution in [0, 0.1) is 13.8 Å². The van der Waals surface area contributed by atoms with E-state index in [4.69, 9.17) is 14.6 Å². The molecule has 36 heavy (non-hydrogen) atoms. The van der Waals surface area contributed by atoms with Crippen LogP contribution in [0.3, 0.4) is 0 Å². The van der Waals surface area contributed by atoms with Crippen LogP contribution in [-0.4, -0.2) is 50.1 Å². The number of hydrogen-bond acceptors (Lipinski definition) is 7. The van der Waals surface area contributed by atoms with Gasteiger partial charge >= 0.3 is 0 Å². The van der Waals surface area contributed by atoms with Crippen molar-refractivity contribution in [3.63, 3.8) is 0 Å². The van der Waals surface area contributed by atoms with Gasteiger partial charge in [-0.1, -0.05) is 41.6 Å². The number of nitrogens with zero attached hydrogens (tertiary/aromatic N) is 5. The van der Waals surface area contributed by atoms with E-state index in [0.717, 1.165) is 27.9 Å². The topological polar surface area (TPSA) is 95.0 Å². The Hall–Kier alpha value is -4.05. The lowest BCUT2D eigenvalue weighted by atomic mass is 10.0. The average Bonchev–Trinajstić information content (AvgIpc) is 3.51. The van der Waals surface area contributed by atoms with Gasteiger partial charge in [0.2, 0.25) is 5.91 Å². The molecule has 3 heterocycles. The van der Waals surface area contributed by atoms with E-state index in [2.05, 4.69) is 47.6 Å². The minimum Gasteiger partial charge on any atom is -0.493 e. The molecule has 0 atom stereocenters. The van der Waals surface area contributed by atoms with Crippen molar-refractivity contribution in [3.05, 3.63) is 71.5 Å². The molecule has 10 heteroatoms. The summed E-state index contributed by atoms with van der Waals surface area (Å²) in [5, 5.41) is 17.0. The molecule has 0 saturated heterocycles. The van der Waals surface area contributed by atoms with Crippen molar-refractivity contribution in [1.82, 2.24) is 29.5 Å². The molecule has 5 aromatic rings. The molecule has 0 bridgehead atoms. The Morgan fingerprint density at radius 1 is 1.06 bits per heavy atom. The number of nitrogens with one attached hydrogen (secondary N) is 1. The van der Waals surface area contributed by atoms with Crippen molar-refractivity contribution in [3.8, 4) is 22.8 Å². The maximum Gasteiger partial charge on any atom is 0.230 e. The van der Waals surface area contributed by atoms with Gasteiger partial charge in [-0.25, -0.2) is 4.52 Å². The van der Waals surface area contributed by atoms with Crippen molar-refractivity contribution in [2.24, 2.45) is 0 Å². The van der Waals surface area contributed by atoms with Crippen LogP contribution in [0.15, 0.2) is 60.0 Å². The lowest BCUT2D eigenvalue weighted by Gasteiger charge is -2.13. The van der Waals surface area contributed by atoms with Gasteiger partial charge in [0.25, 0.3) is 0 Å². The Labute approximate surface area is 212 Å². The van der Waals surface area contributed by atoms with E-state index in [9.17, 15) is 4.79 Å². The maximum atomic E-state index is 12.6. The molecule has 0 aliphatic heterocycles. The number of para-hydroxylation sites is 1. The van der Waals surface area contributed by atoms with Crippen LogP contribution in [0.5, 0.6) is 11.5 Å². The zero-order chi connectivity index (χ0) is 25.2. The average molecular weight is 503 g/mol. The Balaban J connectivity index is 1.31. The predicted octanol–water partition coefficient (Wildman–Crippen LogP) is 4.09. The zero-order valence-corrected chi connectivity index (χ0v) is 21.3. The number of methoxy groups -OCH3 is 2. The fourth-order valence-corrected chi connectivity index (χ4v) is 4.85. The summed E-state index contributed by atoms with van der Waals surface area (Å²) < 4.78 is 14.4. The van der Waals surface area contributed by atoms with Crippen LogP contribution in [0.25, 0.3) is 22.4 Å². The molecule has 3 aromatic heterocycles. The van der Waals surface area contributed by atoms with Gasteiger partial charge in [0.1, 0.15) is 5.52 Å². The fraction of sp³-hybridized carbons (Fsp3) is 0.231. The Kier molecular flexibility index (Phi) is 6.51. The number of hydrogen-bond donors (Lipinski definition) is 1. The molecule has 0 radical (unpaired) electrons. The summed E-state index contributed by atoms with van der Waals surface area (Å²) in [5.41, 5.74) is 6.69. The van der Waals surface area contributed by atoms with E-state index in [-0.39, 0.29) is 11.7 Å². The third kappa shape index (κ3) is 4.47. The Bertz CT molecular complexity index is 1580. The highest BCUT2D eigenvalue weighted by Crippen LogP contribution is 2.31. The Morgan fingerprint density at radius 2 is 1.92 bits per heavy atom. The molecule has 0 saturated carbocycles. The second kappa shape index (κ2) is 9.90. The lowest BCUT2D eigenvalue weighted by molar-refractivity contribution is -0.118. The number of carbonyl (C=O) groups is 1. The molecule has 9 nitrogen and oxygen atoms in total. The minimum absolute atomic E-state index is 0.121. The van der Waals surface area contributed by atoms with Gasteiger partial charge in [-0.2, -0.15) is 5.10 Å². The van der Waals surface area contributed by atoms with Crippen LogP contribution in [0.2, 0.25) is 0 Å². The van der Waals surface area contributed by atoms with Crippen LogP contribution in [0.1, 0.15) is 16.7 Å². The molecule has 184 valence electrons. The van der Waals surface area contributed by atoms with Crippen molar-refractivity contribution < 1.29 is 14.3 Å². The van der Waals surface area contributed by atoms with Gasteiger partial charge in [0.05, 0.1) is 25.7 Å². The first-order valence-electron chi connectivity index (χ1n) is 11.4. The quantitative estimate of drug-likeness (QED) is 0.319. The number of amides is 1. The minimum atomic E-state index is -0.121. The van der Waals surface area contributed by atoms with E-state index in [1.165, 1.54) is 17.3 Å². The lowest BCUT2D eigenvalue weighted by Crippen LogP contribution is -2.25. The summed E-state index contributed by atoms with van der Waals surface area (Å²) in [7, 11) is 3.17. The molecule has 0 unspecified atom stereocenters. The van der Waals surface area contributed by atoms with Crippen LogP contribution >= 0.6 is 11.8 Å². The first-order valence-corrected chi connectivity index (χ1v) is 12.4. The molecule has 0 aliphatic carbocycles. The third-order valence-electron chi connectivity index (χ3n) is 5.95. The molecular formula is C26H26N6O3S. The SMILES string of the molecule is COc1cccc(CNC(=O)CSc2nnc3c4cc(-c5cc(C)ccc5C)nn4ccn23)c1OC. The number of benzene rings is 2. The van der Waals surface area contributed by atoms with Gasteiger partial charge < -0.3 is 14.8 Å². The summed E-state index contributed by atoms with van der Waals surface area (Å²) in [5.74, 6) is 1.32. The summed E-state index contributed by atoms with van der Waals surface area (Å²) in [6, 6.07) is 13.9. The fourth-order valence-electron chi connectivity index (χ4n) is 4.10. The number of ether oxygens (including phenoxy) is 2. The smallest absolute Gasteiger partial charge is 0.230 e. The van der Waals surface area contributed by atoms with Crippen molar-refractivity contribution in [2.75, 3.05) is 20.0 Å². The second-order valence-corrected chi connectivity index (χ2v) is 9.31. The number of aryl methyl sites for hydroxylation is 2. The molecule has 2 aromatic carbocycles. The molecule has 0 aliphatic rings. The first-order chi connectivity index (χ1) is 17.5. The molecule has 5 rings (SSSR count). The number of carbonyl (C=O) groups excluding carboxylic acids is 1. The number of fused-ring (bicyclic) bond motifs is 3. The van der Waals surface area contributed by atoms with E-state index in [1.807, 2.05) is 45.6 Å². The molecule has 1 amide bonds. The van der Waals surface area contributed by atoms with Crippen molar-refractivity contribution in [1.29, 1.82) is 0 Å². The molecule has 0 spiro atoms. The number of aromatic nitrogens is 5. The number of rotatable bonds is 8. The summed E-state index contributed by atoms with van der Waals surface area (Å²) in [6.45, 7) is 4.48. The van der Waals surface area contributed by atoms with Gasteiger partial charge in [0, 0.05) is 30.1 Å².